The number of hydrogen-bond acceptors (Lipinski definition) is 7. The van der Waals surface area contributed by atoms with Crippen molar-refractivity contribution in [3.63, 3.8) is 0 Å². The fraction of sp³-hybridized carbons (Fsp3) is 0.333. The number of carbonyl (C=O) groups excluding carboxylic acids is 2. The summed E-state index contributed by atoms with van der Waals surface area (Å²) in [4.78, 5) is 29.9. The lowest BCUT2D eigenvalue weighted by Crippen LogP contribution is -2.55. The number of rotatable bonds is 9. The molecule has 43 heavy (non-hydrogen) atoms. The molecule has 222 valence electrons. The molecule has 0 bridgehead atoms. The lowest BCUT2D eigenvalue weighted by atomic mass is 10.1. The third-order valence-electron chi connectivity index (χ3n) is 7.83. The van der Waals surface area contributed by atoms with Gasteiger partial charge in [-0.25, -0.2) is 0 Å². The van der Waals surface area contributed by atoms with E-state index in [9.17, 15) is 9.59 Å². The van der Waals surface area contributed by atoms with Crippen molar-refractivity contribution < 1.29 is 19.1 Å². The second-order valence-corrected chi connectivity index (χ2v) is 12.0. The Labute approximate surface area is 255 Å². The molecule has 1 atom stereocenters. The van der Waals surface area contributed by atoms with Crippen LogP contribution < -0.4 is 9.47 Å². The van der Waals surface area contributed by atoms with Crippen LogP contribution in [0.1, 0.15) is 42.1 Å². The molecule has 2 amide bonds. The summed E-state index contributed by atoms with van der Waals surface area (Å²) in [5.74, 6) is 2.98. The molecule has 2 aliphatic heterocycles. The maximum Gasteiger partial charge on any atom is 0.254 e. The summed E-state index contributed by atoms with van der Waals surface area (Å²) < 4.78 is 12.9. The van der Waals surface area contributed by atoms with Crippen LogP contribution in [0.2, 0.25) is 0 Å². The van der Waals surface area contributed by atoms with Crippen LogP contribution in [0.25, 0.3) is 17.1 Å². The summed E-state index contributed by atoms with van der Waals surface area (Å²) >= 11 is 1.66. The van der Waals surface area contributed by atoms with E-state index in [2.05, 4.69) is 46.0 Å². The number of thioether (sulfide) groups is 1. The first-order valence-corrected chi connectivity index (χ1v) is 15.7. The summed E-state index contributed by atoms with van der Waals surface area (Å²) in [7, 11) is 0. The van der Waals surface area contributed by atoms with Gasteiger partial charge in [-0.2, -0.15) is 0 Å². The van der Waals surface area contributed by atoms with E-state index in [1.807, 2.05) is 47.1 Å². The minimum Gasteiger partial charge on any atom is -0.454 e. The molecule has 3 heterocycles. The number of hydrogen-bond donors (Lipinski definition) is 0. The zero-order valence-electron chi connectivity index (χ0n) is 24.4. The summed E-state index contributed by atoms with van der Waals surface area (Å²) in [6, 6.07) is 23.7. The molecule has 0 aliphatic carbocycles. The van der Waals surface area contributed by atoms with Crippen LogP contribution in [-0.4, -0.2) is 74.6 Å². The largest absolute Gasteiger partial charge is 0.454 e. The molecule has 10 heteroatoms. The van der Waals surface area contributed by atoms with Gasteiger partial charge in [-0.15, -0.1) is 10.2 Å². The first kappa shape index (κ1) is 28.8. The van der Waals surface area contributed by atoms with Gasteiger partial charge in [0.1, 0.15) is 0 Å². The molecular weight excluding hydrogens is 562 g/mol. The Morgan fingerprint density at radius 1 is 0.930 bits per heavy atom. The number of amides is 2. The molecular formula is C33H35N5O4S. The third kappa shape index (κ3) is 6.39. The molecule has 0 N–H and O–H groups in total. The smallest absolute Gasteiger partial charge is 0.254 e. The number of carbonyl (C=O) groups is 2. The summed E-state index contributed by atoms with van der Waals surface area (Å²) in [5, 5.41) is 9.89. The predicted molar refractivity (Wildman–Crippen MR) is 166 cm³/mol. The van der Waals surface area contributed by atoms with Crippen LogP contribution in [0, 0.1) is 6.92 Å². The Morgan fingerprint density at radius 2 is 1.72 bits per heavy atom. The molecule has 1 fully saturated rings. The molecule has 1 saturated heterocycles. The zero-order chi connectivity index (χ0) is 29.8. The highest BCUT2D eigenvalue weighted by Crippen LogP contribution is 2.33. The average molecular weight is 598 g/mol. The molecule has 0 spiro atoms. The first-order valence-electron chi connectivity index (χ1n) is 14.7. The SMILES string of the molecule is Cc1ccc(-n2c(SCCCCC(=O)N3CCN(C(=O)c4ccc5c(c4)OCO5)C(C)C3)nnc2-c2ccccc2)cc1. The van der Waals surface area contributed by atoms with Crippen molar-refractivity contribution in [2.75, 3.05) is 32.2 Å². The zero-order valence-corrected chi connectivity index (χ0v) is 25.3. The van der Waals surface area contributed by atoms with Crippen molar-refractivity contribution in [3.8, 4) is 28.6 Å². The first-order chi connectivity index (χ1) is 21.0. The lowest BCUT2D eigenvalue weighted by molar-refractivity contribution is -0.133. The fourth-order valence-corrected chi connectivity index (χ4v) is 6.40. The number of aryl methyl sites for hydroxylation is 1. The van der Waals surface area contributed by atoms with Gasteiger partial charge in [0.05, 0.1) is 0 Å². The number of aromatic nitrogens is 3. The topological polar surface area (TPSA) is 89.8 Å². The van der Waals surface area contributed by atoms with Crippen molar-refractivity contribution in [2.24, 2.45) is 0 Å². The highest BCUT2D eigenvalue weighted by molar-refractivity contribution is 7.99. The van der Waals surface area contributed by atoms with E-state index < -0.39 is 0 Å². The van der Waals surface area contributed by atoms with Gasteiger partial charge in [-0.05, 0) is 57.0 Å². The molecule has 9 nitrogen and oxygen atoms in total. The van der Waals surface area contributed by atoms with Gasteiger partial charge in [0.15, 0.2) is 22.5 Å². The second kappa shape index (κ2) is 12.9. The number of piperazine rings is 1. The Hall–Kier alpha value is -4.31. The molecule has 1 aromatic heterocycles. The van der Waals surface area contributed by atoms with Gasteiger partial charge in [-0.1, -0.05) is 59.8 Å². The van der Waals surface area contributed by atoms with Crippen LogP contribution in [-0.2, 0) is 4.79 Å². The molecule has 0 radical (unpaired) electrons. The quantitative estimate of drug-likeness (QED) is 0.183. The van der Waals surface area contributed by atoms with E-state index >= 15 is 0 Å². The highest BCUT2D eigenvalue weighted by atomic mass is 32.2. The Morgan fingerprint density at radius 3 is 2.51 bits per heavy atom. The third-order valence-corrected chi connectivity index (χ3v) is 8.85. The maximum absolute atomic E-state index is 13.2. The minimum atomic E-state index is -0.0712. The maximum atomic E-state index is 13.2. The van der Waals surface area contributed by atoms with Crippen molar-refractivity contribution in [2.45, 2.75) is 44.3 Å². The van der Waals surface area contributed by atoms with E-state index in [0.29, 0.717) is 43.1 Å². The Kier molecular flexibility index (Phi) is 8.64. The summed E-state index contributed by atoms with van der Waals surface area (Å²) in [6.07, 6.45) is 2.17. The Bertz CT molecular complexity index is 1590. The minimum absolute atomic E-state index is 0.0520. The van der Waals surface area contributed by atoms with Crippen LogP contribution in [0.15, 0.2) is 78.0 Å². The molecule has 2 aliphatic rings. The van der Waals surface area contributed by atoms with Gasteiger partial charge < -0.3 is 19.3 Å². The van der Waals surface area contributed by atoms with E-state index in [1.165, 1.54) is 5.56 Å². The van der Waals surface area contributed by atoms with Crippen LogP contribution in [0.3, 0.4) is 0 Å². The predicted octanol–water partition coefficient (Wildman–Crippen LogP) is 5.61. The number of nitrogens with zero attached hydrogens (tertiary/aromatic N) is 5. The number of ether oxygens (including phenoxy) is 2. The fourth-order valence-electron chi connectivity index (χ4n) is 5.45. The molecule has 3 aromatic carbocycles. The van der Waals surface area contributed by atoms with Gasteiger partial charge in [0, 0.05) is 54.7 Å². The number of benzene rings is 3. The standard InChI is InChI=1S/C33H35N5O4S/c1-23-11-14-27(15-12-23)38-31(25-8-4-3-5-9-25)34-35-33(38)43-19-7-6-10-30(39)36-17-18-37(24(2)21-36)32(40)26-13-16-28-29(20-26)42-22-41-28/h3-5,8-9,11-16,20,24H,6-7,10,17-19,21-22H2,1-2H3. The number of unbranched alkanes of at least 4 members (excludes halogenated alkanes) is 1. The number of fused-ring (bicyclic) bond motifs is 1. The highest BCUT2D eigenvalue weighted by Gasteiger charge is 2.31. The van der Waals surface area contributed by atoms with E-state index in [-0.39, 0.29) is 24.6 Å². The summed E-state index contributed by atoms with van der Waals surface area (Å²) in [5.41, 5.74) is 3.81. The second-order valence-electron chi connectivity index (χ2n) is 10.9. The molecule has 0 saturated carbocycles. The molecule has 4 aromatic rings. The van der Waals surface area contributed by atoms with Crippen LogP contribution in [0.4, 0.5) is 0 Å². The van der Waals surface area contributed by atoms with E-state index in [1.54, 1.807) is 30.0 Å². The van der Waals surface area contributed by atoms with E-state index in [0.717, 1.165) is 40.8 Å². The lowest BCUT2D eigenvalue weighted by Gasteiger charge is -2.40. The Balaban J connectivity index is 1.000. The van der Waals surface area contributed by atoms with E-state index in [4.69, 9.17) is 9.47 Å². The van der Waals surface area contributed by atoms with Gasteiger partial charge in [-0.3, -0.25) is 14.2 Å². The molecule has 1 unspecified atom stereocenters. The van der Waals surface area contributed by atoms with Crippen LogP contribution in [0.5, 0.6) is 11.5 Å². The van der Waals surface area contributed by atoms with Crippen LogP contribution >= 0.6 is 11.8 Å². The van der Waals surface area contributed by atoms with Gasteiger partial charge >= 0.3 is 0 Å². The monoisotopic (exact) mass is 597 g/mol. The summed E-state index contributed by atoms with van der Waals surface area (Å²) in [6.45, 7) is 5.82. The van der Waals surface area contributed by atoms with Gasteiger partial charge in [0.2, 0.25) is 12.7 Å². The van der Waals surface area contributed by atoms with Crippen molar-refractivity contribution in [3.05, 3.63) is 83.9 Å². The average Bonchev–Trinajstić information content (AvgIpc) is 3.68. The van der Waals surface area contributed by atoms with Crippen molar-refractivity contribution >= 4 is 23.6 Å². The van der Waals surface area contributed by atoms with Crippen molar-refractivity contribution in [1.29, 1.82) is 0 Å². The van der Waals surface area contributed by atoms with Gasteiger partial charge in [0.25, 0.3) is 5.91 Å². The molecule has 6 rings (SSSR count). The normalized spacial score (nSPS) is 16.0. The van der Waals surface area contributed by atoms with Crippen molar-refractivity contribution in [1.82, 2.24) is 24.6 Å².